The van der Waals surface area contributed by atoms with Gasteiger partial charge in [-0.05, 0) is 18.2 Å². The second-order valence-electron chi connectivity index (χ2n) is 2.89. The van der Waals surface area contributed by atoms with Gasteiger partial charge in [0, 0.05) is 5.56 Å². The van der Waals surface area contributed by atoms with Crippen LogP contribution in [0.2, 0.25) is 0 Å². The highest BCUT2D eigenvalue weighted by atomic mass is 16.4. The van der Waals surface area contributed by atoms with Gasteiger partial charge < -0.3 is 10.2 Å². The lowest BCUT2D eigenvalue weighted by Gasteiger charge is -1.96. The molecule has 0 bridgehead atoms. The summed E-state index contributed by atoms with van der Waals surface area (Å²) in [5, 5.41) is 17.6. The highest BCUT2D eigenvalue weighted by molar-refractivity contribution is 6.64. The van der Waals surface area contributed by atoms with E-state index in [1.165, 1.54) is 18.2 Å². The van der Waals surface area contributed by atoms with Gasteiger partial charge in [0.2, 0.25) is 5.78 Å². The first-order chi connectivity index (χ1) is 7.52. The number of para-hydroxylation sites is 1. The van der Waals surface area contributed by atoms with Gasteiger partial charge in [0.15, 0.2) is 0 Å². The zero-order chi connectivity index (χ0) is 12.1. The van der Waals surface area contributed by atoms with E-state index >= 15 is 0 Å². The summed E-state index contributed by atoms with van der Waals surface area (Å²) in [6.07, 6.45) is 1.99. The first-order valence-corrected chi connectivity index (χ1v) is 4.30. The molecule has 5 heteroatoms. The van der Waals surface area contributed by atoms with Crippen molar-refractivity contribution in [2.45, 2.75) is 0 Å². The molecule has 0 saturated heterocycles. The smallest absolute Gasteiger partial charge is 0.380 e. The van der Waals surface area contributed by atoms with E-state index in [1.807, 2.05) is 0 Å². The van der Waals surface area contributed by atoms with Crippen molar-refractivity contribution >= 4 is 23.6 Å². The number of hydrogen-bond acceptors (Lipinski definition) is 4. The molecule has 82 valence electrons. The van der Waals surface area contributed by atoms with Gasteiger partial charge in [-0.25, -0.2) is 4.79 Å². The Morgan fingerprint density at radius 1 is 1.12 bits per heavy atom. The van der Waals surface area contributed by atoms with Crippen LogP contribution in [0.4, 0.5) is 0 Å². The van der Waals surface area contributed by atoms with Gasteiger partial charge in [-0.1, -0.05) is 18.2 Å². The highest BCUT2D eigenvalue weighted by Crippen LogP contribution is 2.16. The molecule has 0 amide bonds. The normalized spacial score (nSPS) is 10.2. The van der Waals surface area contributed by atoms with Crippen molar-refractivity contribution in [3.8, 4) is 5.75 Å². The van der Waals surface area contributed by atoms with Gasteiger partial charge in [0.25, 0.3) is 0 Å². The Bertz CT molecular complexity index is 473. The summed E-state index contributed by atoms with van der Waals surface area (Å²) in [7, 11) is 0. The van der Waals surface area contributed by atoms with Gasteiger partial charge in [-0.15, -0.1) is 0 Å². The summed E-state index contributed by atoms with van der Waals surface area (Å²) >= 11 is 0. The molecular weight excluding hydrogens is 212 g/mol. The third-order valence-electron chi connectivity index (χ3n) is 1.77. The Kier molecular flexibility index (Phi) is 3.55. The monoisotopic (exact) mass is 220 g/mol. The summed E-state index contributed by atoms with van der Waals surface area (Å²) in [4.78, 5) is 31.8. The molecule has 0 aromatic heterocycles. The van der Waals surface area contributed by atoms with Crippen LogP contribution >= 0.6 is 0 Å². The molecule has 0 radical (unpaired) electrons. The van der Waals surface area contributed by atoms with Crippen LogP contribution in [-0.2, 0) is 14.4 Å². The number of hydrogen-bond donors (Lipinski definition) is 2. The minimum absolute atomic E-state index is 0.0608. The predicted octanol–water partition coefficient (Wildman–Crippen LogP) is 0.628. The van der Waals surface area contributed by atoms with E-state index < -0.39 is 17.5 Å². The van der Waals surface area contributed by atoms with Crippen molar-refractivity contribution in [1.82, 2.24) is 0 Å². The van der Waals surface area contributed by atoms with Crippen molar-refractivity contribution in [2.75, 3.05) is 0 Å². The second-order valence-corrected chi connectivity index (χ2v) is 2.89. The third-order valence-corrected chi connectivity index (χ3v) is 1.77. The van der Waals surface area contributed by atoms with E-state index in [4.69, 9.17) is 5.11 Å². The standard InChI is InChI=1S/C11H8O5/c12-8-4-2-1-3-7(8)5-6-9(13)10(14)11(15)16/h1-6,12H,(H,15,16)/b6-5+. The molecular formula is C11H8O5. The number of benzene rings is 1. The fraction of sp³-hybridized carbons (Fsp3) is 0. The number of allylic oxidation sites excluding steroid dienone is 1. The molecule has 0 heterocycles. The Morgan fingerprint density at radius 3 is 2.31 bits per heavy atom. The van der Waals surface area contributed by atoms with Gasteiger partial charge in [-0.3, -0.25) is 9.59 Å². The SMILES string of the molecule is O=C(O)C(=O)C(=O)/C=C/c1ccccc1O. The molecule has 1 rings (SSSR count). The highest BCUT2D eigenvalue weighted by Gasteiger charge is 2.18. The predicted molar refractivity (Wildman–Crippen MR) is 54.8 cm³/mol. The third kappa shape index (κ3) is 2.78. The molecule has 0 spiro atoms. The van der Waals surface area contributed by atoms with Gasteiger partial charge in [-0.2, -0.15) is 0 Å². The van der Waals surface area contributed by atoms with Crippen molar-refractivity contribution in [3.05, 3.63) is 35.9 Å². The fourth-order valence-corrected chi connectivity index (χ4v) is 0.975. The lowest BCUT2D eigenvalue weighted by Crippen LogP contribution is -2.21. The number of phenols is 1. The molecule has 1 aromatic rings. The first-order valence-electron chi connectivity index (χ1n) is 4.30. The Balaban J connectivity index is 2.83. The molecule has 0 unspecified atom stereocenters. The first kappa shape index (κ1) is 11.6. The number of carbonyl (C=O) groups excluding carboxylic acids is 2. The topological polar surface area (TPSA) is 91.7 Å². The molecule has 0 aliphatic rings. The number of phenolic OH excluding ortho intramolecular Hbond substituents is 1. The van der Waals surface area contributed by atoms with E-state index in [9.17, 15) is 19.5 Å². The van der Waals surface area contributed by atoms with Crippen LogP contribution in [0.1, 0.15) is 5.56 Å². The molecule has 2 N–H and O–H groups in total. The Morgan fingerprint density at radius 2 is 1.75 bits per heavy atom. The molecule has 0 aliphatic carbocycles. The lowest BCUT2D eigenvalue weighted by molar-refractivity contribution is -0.151. The van der Waals surface area contributed by atoms with E-state index in [-0.39, 0.29) is 5.75 Å². The number of carboxylic acids is 1. The summed E-state index contributed by atoms with van der Waals surface area (Å²) in [5.41, 5.74) is 0.328. The maximum Gasteiger partial charge on any atom is 0.380 e. The Labute approximate surface area is 90.6 Å². The molecule has 0 atom stereocenters. The number of rotatable bonds is 4. The van der Waals surface area contributed by atoms with E-state index in [2.05, 4.69) is 0 Å². The van der Waals surface area contributed by atoms with Crippen LogP contribution in [0.15, 0.2) is 30.3 Å². The maximum atomic E-state index is 11.0. The number of carbonyl (C=O) groups is 3. The Hall–Kier alpha value is -2.43. The molecule has 0 aliphatic heterocycles. The number of aliphatic carboxylic acids is 1. The van der Waals surface area contributed by atoms with Crippen molar-refractivity contribution in [2.24, 2.45) is 0 Å². The van der Waals surface area contributed by atoms with Crippen LogP contribution in [0.3, 0.4) is 0 Å². The molecule has 5 nitrogen and oxygen atoms in total. The minimum Gasteiger partial charge on any atom is -0.507 e. The van der Waals surface area contributed by atoms with Gasteiger partial charge in [0.05, 0.1) is 0 Å². The summed E-state index contributed by atoms with van der Waals surface area (Å²) in [5.74, 6) is -4.51. The largest absolute Gasteiger partial charge is 0.507 e. The van der Waals surface area contributed by atoms with Crippen LogP contribution in [-0.4, -0.2) is 27.7 Å². The van der Waals surface area contributed by atoms with Gasteiger partial charge in [0.1, 0.15) is 5.75 Å². The molecule has 16 heavy (non-hydrogen) atoms. The van der Waals surface area contributed by atoms with Crippen molar-refractivity contribution in [1.29, 1.82) is 0 Å². The summed E-state index contributed by atoms with van der Waals surface area (Å²) < 4.78 is 0. The number of aromatic hydroxyl groups is 1. The summed E-state index contributed by atoms with van der Waals surface area (Å²) in [6.45, 7) is 0. The fourth-order valence-electron chi connectivity index (χ4n) is 0.975. The molecule has 1 aromatic carbocycles. The van der Waals surface area contributed by atoms with E-state index in [0.29, 0.717) is 5.56 Å². The van der Waals surface area contributed by atoms with Crippen LogP contribution in [0.25, 0.3) is 6.08 Å². The van der Waals surface area contributed by atoms with Gasteiger partial charge >= 0.3 is 11.8 Å². The lowest BCUT2D eigenvalue weighted by atomic mass is 10.1. The zero-order valence-corrected chi connectivity index (χ0v) is 8.08. The minimum atomic E-state index is -1.80. The maximum absolute atomic E-state index is 11.0. The van der Waals surface area contributed by atoms with Crippen LogP contribution in [0, 0.1) is 0 Å². The number of carboxylic acid groups (broad SMARTS) is 1. The number of Topliss-reactive ketones (excluding diaryl/α,β-unsaturated/α-hetero) is 1. The quantitative estimate of drug-likeness (QED) is 0.441. The van der Waals surface area contributed by atoms with Crippen molar-refractivity contribution in [3.63, 3.8) is 0 Å². The average Bonchev–Trinajstić information content (AvgIpc) is 2.26. The van der Waals surface area contributed by atoms with E-state index in [0.717, 1.165) is 6.08 Å². The van der Waals surface area contributed by atoms with E-state index in [1.54, 1.807) is 12.1 Å². The molecule has 0 saturated carbocycles. The molecule has 0 fully saturated rings. The van der Waals surface area contributed by atoms with Crippen LogP contribution < -0.4 is 0 Å². The van der Waals surface area contributed by atoms with Crippen LogP contribution in [0.5, 0.6) is 5.75 Å². The summed E-state index contributed by atoms with van der Waals surface area (Å²) in [6, 6.07) is 6.15. The second kappa shape index (κ2) is 4.88. The number of ketones is 2. The zero-order valence-electron chi connectivity index (χ0n) is 8.08. The average molecular weight is 220 g/mol. The van der Waals surface area contributed by atoms with Crippen molar-refractivity contribution < 1.29 is 24.6 Å².